The molecule has 10 heteroatoms. The number of likely N-dealkylation sites (tertiary alicyclic amines) is 1. The smallest absolute Gasteiger partial charge is 0.255 e. The van der Waals surface area contributed by atoms with Crippen LogP contribution in [0.2, 0.25) is 0 Å². The number of amides is 4. The van der Waals surface area contributed by atoms with Crippen molar-refractivity contribution in [3.8, 4) is 0 Å². The Morgan fingerprint density at radius 3 is 2.58 bits per heavy atom. The summed E-state index contributed by atoms with van der Waals surface area (Å²) in [5.41, 5.74) is 2.50. The highest BCUT2D eigenvalue weighted by atomic mass is 32.2. The summed E-state index contributed by atoms with van der Waals surface area (Å²) < 4.78 is 0. The number of rotatable bonds is 7. The molecule has 1 unspecified atom stereocenters. The topological polar surface area (TPSA) is 99.7 Å². The highest BCUT2D eigenvalue weighted by Crippen LogP contribution is 2.55. The van der Waals surface area contributed by atoms with Crippen LogP contribution in [0.25, 0.3) is 0 Å². The monoisotopic (exact) mass is 578 g/mol. The average Bonchev–Trinajstić information content (AvgIpc) is 3.49. The van der Waals surface area contributed by atoms with Gasteiger partial charge in [0.05, 0.1) is 12.1 Å². The van der Waals surface area contributed by atoms with Crippen molar-refractivity contribution in [2.75, 3.05) is 7.05 Å². The van der Waals surface area contributed by atoms with Crippen molar-refractivity contribution in [3.05, 3.63) is 45.4 Å². The molecule has 1 aromatic heterocycles. The number of hydrogen-bond acceptors (Lipinski definition) is 7. The number of nitrogens with zero attached hydrogens (tertiary/aromatic N) is 3. The van der Waals surface area contributed by atoms with Gasteiger partial charge in [0.15, 0.2) is 0 Å². The summed E-state index contributed by atoms with van der Waals surface area (Å²) in [6.07, 6.45) is 8.47. The van der Waals surface area contributed by atoms with E-state index in [0.717, 1.165) is 63.1 Å². The van der Waals surface area contributed by atoms with Gasteiger partial charge in [0.1, 0.15) is 11.0 Å². The molecule has 1 atom stereocenters. The maximum Gasteiger partial charge on any atom is 0.255 e. The third-order valence-corrected chi connectivity index (χ3v) is 11.7. The van der Waals surface area contributed by atoms with Gasteiger partial charge in [-0.1, -0.05) is 6.07 Å². The second-order valence-corrected chi connectivity index (χ2v) is 14.5. The normalized spacial score (nSPS) is 30.8. The fourth-order valence-corrected chi connectivity index (χ4v) is 10.2. The fraction of sp³-hybridized carbons (Fsp3) is 0.567. The predicted octanol–water partition coefficient (Wildman–Crippen LogP) is 4.17. The SMILES string of the molecule is CN1C(=O)CCC(N2Cc3c(SCc4csc(CC(=O)NC56CC7CC(CC(C7)C5)C6)n4)cccc3C2=O)C1=O. The summed E-state index contributed by atoms with van der Waals surface area (Å²) in [6, 6.07) is 5.09. The van der Waals surface area contributed by atoms with Crippen LogP contribution in [0.5, 0.6) is 0 Å². The van der Waals surface area contributed by atoms with Crippen LogP contribution in [-0.2, 0) is 33.1 Å². The van der Waals surface area contributed by atoms with Gasteiger partial charge < -0.3 is 10.2 Å². The molecule has 210 valence electrons. The lowest BCUT2D eigenvalue weighted by atomic mass is 9.53. The van der Waals surface area contributed by atoms with Crippen molar-refractivity contribution < 1.29 is 19.2 Å². The standard InChI is InChI=1S/C30H34N4O4S2/c1-33-27(36)6-5-23(29(33)38)34-14-22-21(28(34)37)3-2-4-24(22)39-15-20-16-40-26(31-20)10-25(35)32-30-11-17-7-18(12-30)9-19(8-17)13-30/h2-4,16-19,23H,5-15H2,1H3,(H,32,35). The molecule has 40 heavy (non-hydrogen) atoms. The number of piperidine rings is 1. The van der Waals surface area contributed by atoms with Gasteiger partial charge in [-0.15, -0.1) is 23.1 Å². The minimum Gasteiger partial charge on any atom is -0.350 e. The first-order chi connectivity index (χ1) is 19.3. The largest absolute Gasteiger partial charge is 0.350 e. The molecule has 1 saturated heterocycles. The van der Waals surface area contributed by atoms with Crippen LogP contribution < -0.4 is 5.32 Å². The number of thioether (sulfide) groups is 1. The molecule has 0 radical (unpaired) electrons. The van der Waals surface area contributed by atoms with Crippen LogP contribution in [0.15, 0.2) is 28.5 Å². The summed E-state index contributed by atoms with van der Waals surface area (Å²) in [5.74, 6) is 2.46. The van der Waals surface area contributed by atoms with E-state index < -0.39 is 6.04 Å². The van der Waals surface area contributed by atoms with Crippen molar-refractivity contribution in [2.45, 2.75) is 86.6 Å². The maximum absolute atomic E-state index is 13.2. The Hall–Kier alpha value is -2.72. The molecular formula is C30H34N4O4S2. The molecular weight excluding hydrogens is 544 g/mol. The Kier molecular flexibility index (Phi) is 6.53. The molecule has 3 heterocycles. The number of nitrogens with one attached hydrogen (secondary N) is 1. The number of likely N-dealkylation sites (N-methyl/N-ethyl adjacent to an activating group) is 1. The minimum atomic E-state index is -0.605. The van der Waals surface area contributed by atoms with Crippen LogP contribution in [0.3, 0.4) is 0 Å². The van der Waals surface area contributed by atoms with Crippen molar-refractivity contribution in [2.24, 2.45) is 17.8 Å². The van der Waals surface area contributed by atoms with Crippen LogP contribution in [0, 0.1) is 17.8 Å². The molecule has 4 saturated carbocycles. The summed E-state index contributed by atoms with van der Waals surface area (Å²) in [7, 11) is 1.49. The number of benzene rings is 1. The fourth-order valence-electron chi connectivity index (χ4n) is 8.29. The zero-order valence-electron chi connectivity index (χ0n) is 22.7. The molecule has 4 bridgehead atoms. The van der Waals surface area contributed by atoms with Gasteiger partial charge in [0, 0.05) is 47.1 Å². The van der Waals surface area contributed by atoms with Gasteiger partial charge in [0.25, 0.3) is 11.8 Å². The van der Waals surface area contributed by atoms with Crippen molar-refractivity contribution in [3.63, 3.8) is 0 Å². The summed E-state index contributed by atoms with van der Waals surface area (Å²) in [4.78, 5) is 59.4. The second kappa shape index (κ2) is 9.98. The van der Waals surface area contributed by atoms with Crippen LogP contribution in [-0.4, -0.2) is 57.0 Å². The third kappa shape index (κ3) is 4.66. The Labute approximate surface area is 242 Å². The third-order valence-electron chi connectivity index (χ3n) is 9.68. The molecule has 0 spiro atoms. The quantitative estimate of drug-likeness (QED) is 0.391. The maximum atomic E-state index is 13.2. The summed E-state index contributed by atoms with van der Waals surface area (Å²) >= 11 is 3.16. The van der Waals surface area contributed by atoms with Crippen molar-refractivity contribution >= 4 is 46.7 Å². The van der Waals surface area contributed by atoms with Crippen LogP contribution in [0.1, 0.15) is 78.0 Å². The summed E-state index contributed by atoms with van der Waals surface area (Å²) in [6.45, 7) is 0.364. The Morgan fingerprint density at radius 2 is 1.85 bits per heavy atom. The lowest BCUT2D eigenvalue weighted by Crippen LogP contribution is -2.60. The van der Waals surface area contributed by atoms with E-state index in [4.69, 9.17) is 4.98 Å². The Bertz CT molecular complexity index is 1370. The minimum absolute atomic E-state index is 0.0218. The van der Waals surface area contributed by atoms with E-state index >= 15 is 0 Å². The highest BCUT2D eigenvalue weighted by molar-refractivity contribution is 7.98. The van der Waals surface area contributed by atoms with Gasteiger partial charge in [-0.25, -0.2) is 4.98 Å². The molecule has 2 aromatic rings. The molecule has 5 fully saturated rings. The first kappa shape index (κ1) is 26.2. The van der Waals surface area contributed by atoms with Gasteiger partial charge in [0.2, 0.25) is 11.8 Å². The molecule has 1 N–H and O–H groups in total. The number of carbonyl (C=O) groups excluding carboxylic acids is 4. The number of thiazole rings is 1. The predicted molar refractivity (Wildman–Crippen MR) is 152 cm³/mol. The highest BCUT2D eigenvalue weighted by Gasteiger charge is 2.51. The molecule has 8 rings (SSSR count). The van der Waals surface area contributed by atoms with Crippen LogP contribution in [0.4, 0.5) is 0 Å². The molecule has 4 amide bonds. The zero-order chi connectivity index (χ0) is 27.6. The van der Waals surface area contributed by atoms with E-state index in [-0.39, 0.29) is 35.6 Å². The van der Waals surface area contributed by atoms with Crippen molar-refractivity contribution in [1.29, 1.82) is 0 Å². The number of carbonyl (C=O) groups is 4. The van der Waals surface area contributed by atoms with Gasteiger partial charge in [-0.05, 0) is 80.4 Å². The van der Waals surface area contributed by atoms with E-state index in [0.29, 0.717) is 30.7 Å². The first-order valence-electron chi connectivity index (χ1n) is 14.4. The lowest BCUT2D eigenvalue weighted by molar-refractivity contribution is -0.150. The first-order valence-corrected chi connectivity index (χ1v) is 16.2. The van der Waals surface area contributed by atoms with Crippen LogP contribution >= 0.6 is 23.1 Å². The molecule has 8 nitrogen and oxygen atoms in total. The number of hydrogen-bond donors (Lipinski definition) is 1. The van der Waals surface area contributed by atoms with Gasteiger partial charge in [-0.2, -0.15) is 0 Å². The van der Waals surface area contributed by atoms with E-state index in [9.17, 15) is 19.2 Å². The lowest BCUT2D eigenvalue weighted by Gasteiger charge is -2.56. The molecule has 4 aliphatic carbocycles. The number of aromatic nitrogens is 1. The summed E-state index contributed by atoms with van der Waals surface area (Å²) in [5, 5.41) is 6.31. The number of imide groups is 1. The second-order valence-electron chi connectivity index (χ2n) is 12.5. The van der Waals surface area contributed by atoms with E-state index in [1.807, 2.05) is 23.6 Å². The Balaban J connectivity index is 0.973. The zero-order valence-corrected chi connectivity index (χ0v) is 24.3. The van der Waals surface area contributed by atoms with E-state index in [1.165, 1.54) is 37.6 Å². The molecule has 1 aromatic carbocycles. The van der Waals surface area contributed by atoms with Crippen molar-refractivity contribution in [1.82, 2.24) is 20.1 Å². The van der Waals surface area contributed by atoms with Gasteiger partial charge in [-0.3, -0.25) is 24.1 Å². The molecule has 6 aliphatic rings. The Morgan fingerprint density at radius 1 is 1.12 bits per heavy atom. The van der Waals surface area contributed by atoms with E-state index in [1.54, 1.807) is 16.7 Å². The van der Waals surface area contributed by atoms with E-state index in [2.05, 4.69) is 5.32 Å². The average molecular weight is 579 g/mol. The van der Waals surface area contributed by atoms with Gasteiger partial charge >= 0.3 is 0 Å². The molecule has 2 aliphatic heterocycles. The number of fused-ring (bicyclic) bond motifs is 1.